The van der Waals surface area contributed by atoms with Crippen molar-refractivity contribution < 1.29 is 14.6 Å². The van der Waals surface area contributed by atoms with Crippen molar-refractivity contribution in [2.24, 2.45) is 5.92 Å². The van der Waals surface area contributed by atoms with Gasteiger partial charge in [-0.1, -0.05) is 96.2 Å². The number of phenolic OH excluding ortho intramolecular Hbond substituents is 1. The Labute approximate surface area is 289 Å². The third kappa shape index (κ3) is 8.49. The molecule has 4 aromatic rings. The van der Waals surface area contributed by atoms with E-state index in [1.165, 1.54) is 5.56 Å². The summed E-state index contributed by atoms with van der Waals surface area (Å²) in [4.78, 5) is 0. The third-order valence-electron chi connectivity index (χ3n) is 8.61. The summed E-state index contributed by atoms with van der Waals surface area (Å²) in [5.74, 6) is -0.433. The Kier molecular flexibility index (Phi) is 9.85. The van der Waals surface area contributed by atoms with E-state index in [4.69, 9.17) is 31.1 Å². The van der Waals surface area contributed by atoms with Crippen molar-refractivity contribution in [1.82, 2.24) is 0 Å². The normalized spacial score (nSPS) is 14.5. The molecule has 7 heteroatoms. The van der Waals surface area contributed by atoms with Gasteiger partial charge in [-0.25, -0.2) is 0 Å². The lowest BCUT2D eigenvalue weighted by molar-refractivity contribution is 0.475. The van der Waals surface area contributed by atoms with Gasteiger partial charge in [0, 0.05) is 16.7 Å². The zero-order valence-electron chi connectivity index (χ0n) is 28.9. The Bertz CT molecular complexity index is 1960. The van der Waals surface area contributed by atoms with Crippen molar-refractivity contribution >= 4 is 29.2 Å². The minimum absolute atomic E-state index is 0.00667. The van der Waals surface area contributed by atoms with Crippen molar-refractivity contribution in [3.63, 3.8) is 0 Å². The van der Waals surface area contributed by atoms with Crippen LogP contribution < -0.4 is 0 Å². The van der Waals surface area contributed by atoms with Crippen LogP contribution >= 0.6 is 0 Å². The molecule has 7 nitrogen and oxygen atoms in total. The highest BCUT2D eigenvalue weighted by Gasteiger charge is 2.20. The van der Waals surface area contributed by atoms with Crippen LogP contribution in [0.3, 0.4) is 0 Å². The first-order valence-corrected chi connectivity index (χ1v) is 16.3. The van der Waals surface area contributed by atoms with Gasteiger partial charge in [0.25, 0.3) is 0 Å². The summed E-state index contributed by atoms with van der Waals surface area (Å²) in [6.07, 6.45) is 6.35. The van der Waals surface area contributed by atoms with E-state index in [0.29, 0.717) is 23.1 Å². The van der Waals surface area contributed by atoms with E-state index in [1.54, 1.807) is 24.3 Å². The van der Waals surface area contributed by atoms with Crippen LogP contribution in [0.25, 0.3) is 16.7 Å². The summed E-state index contributed by atoms with van der Waals surface area (Å²) in [7, 11) is 0. The maximum absolute atomic E-state index is 10.6. The molecule has 0 bridgehead atoms. The Balaban J connectivity index is 1.21. The molecule has 49 heavy (non-hydrogen) atoms. The summed E-state index contributed by atoms with van der Waals surface area (Å²) in [6.45, 7) is 12.8. The van der Waals surface area contributed by atoms with E-state index < -0.39 is 0 Å². The molecule has 0 radical (unpaired) electrons. The summed E-state index contributed by atoms with van der Waals surface area (Å²) in [5, 5.41) is 44.2. The van der Waals surface area contributed by atoms with Gasteiger partial charge in [0.15, 0.2) is 5.90 Å². The largest absolute Gasteiger partial charge is 0.508 e. The first kappa shape index (κ1) is 34.8. The second-order valence-corrected chi connectivity index (χ2v) is 14.4. The molecule has 0 saturated carbocycles. The zero-order chi connectivity index (χ0) is 35.5. The molecule has 5 rings (SSSR count). The molecular weight excluding hydrogens is 608 g/mol. The van der Waals surface area contributed by atoms with E-state index >= 15 is 0 Å². The van der Waals surface area contributed by atoms with Gasteiger partial charge in [0.2, 0.25) is 17.7 Å². The number of aromatic hydroxyl groups is 1. The predicted octanol–water partition coefficient (Wildman–Crippen LogP) is 10.0. The molecule has 0 aromatic heterocycles. The molecule has 250 valence electrons. The first-order valence-electron chi connectivity index (χ1n) is 16.3. The number of hydrogen-bond acceptors (Lipinski definition) is 7. The fourth-order valence-corrected chi connectivity index (χ4v) is 5.50. The van der Waals surface area contributed by atoms with E-state index in [2.05, 4.69) is 41.5 Å². The maximum atomic E-state index is 10.6. The lowest BCUT2D eigenvalue weighted by Gasteiger charge is -2.20. The molecule has 1 unspecified atom stereocenters. The number of rotatable bonds is 6. The average molecular weight is 653 g/mol. The van der Waals surface area contributed by atoms with Gasteiger partial charge in [0.05, 0.1) is 5.92 Å². The standard InChI is InChI=1S/C42H44N4O3/c1-41(2,3)34-19-15-30(16-20-34)39(45)48-37(43)28-11-7-26(8-12-28)32-23-33(25-36(47)24-32)27-9-13-29(14-10-27)38(44)49-40(46)31-17-21-35(22-18-31)42(4,5)6/h7-13,15-25,29,43-47H,14H2,1-6H3. The Hall–Kier alpha value is -5.56. The minimum Gasteiger partial charge on any atom is -0.508 e. The van der Waals surface area contributed by atoms with Crippen LogP contribution in [0.4, 0.5) is 0 Å². The van der Waals surface area contributed by atoms with Gasteiger partial charge in [-0.05, 0) is 105 Å². The second kappa shape index (κ2) is 13.9. The summed E-state index contributed by atoms with van der Waals surface area (Å²) < 4.78 is 11.2. The van der Waals surface area contributed by atoms with Gasteiger partial charge in [-0.15, -0.1) is 0 Å². The SMILES string of the molecule is CC(C)(C)c1ccc(C(=N)OC(=N)c2ccc(-c3cc(O)cc(C4=CCC(C(=N)OC(=N)c5ccc(C(C)(C)C)cc5)C=C4)c3)cc2)cc1. The first-order chi connectivity index (χ1) is 23.1. The number of allylic oxidation sites excluding steroid dienone is 3. The highest BCUT2D eigenvalue weighted by atomic mass is 16.5. The van der Waals surface area contributed by atoms with E-state index in [0.717, 1.165) is 27.8 Å². The summed E-state index contributed by atoms with van der Waals surface area (Å²) >= 11 is 0. The Morgan fingerprint density at radius 3 is 1.49 bits per heavy atom. The lowest BCUT2D eigenvalue weighted by atomic mass is 9.87. The molecule has 0 fully saturated rings. The zero-order valence-corrected chi connectivity index (χ0v) is 28.9. The quantitative estimate of drug-likeness (QED) is 0.105. The van der Waals surface area contributed by atoms with Crippen LogP contribution in [0.5, 0.6) is 5.75 Å². The number of benzene rings is 4. The van der Waals surface area contributed by atoms with Crippen molar-refractivity contribution in [3.8, 4) is 16.9 Å². The fraction of sp³-hybridized carbons (Fsp3) is 0.238. The molecule has 1 aliphatic carbocycles. The summed E-state index contributed by atoms with van der Waals surface area (Å²) in [6, 6.07) is 28.0. The van der Waals surface area contributed by atoms with Crippen molar-refractivity contribution in [2.45, 2.75) is 58.8 Å². The van der Waals surface area contributed by atoms with Gasteiger partial charge in [0.1, 0.15) is 5.75 Å². The predicted molar refractivity (Wildman–Crippen MR) is 199 cm³/mol. The highest BCUT2D eigenvalue weighted by Crippen LogP contribution is 2.32. The molecule has 0 saturated heterocycles. The third-order valence-corrected chi connectivity index (χ3v) is 8.61. The molecule has 1 atom stereocenters. The Morgan fingerprint density at radius 2 is 1.04 bits per heavy atom. The number of phenols is 1. The van der Waals surface area contributed by atoms with Crippen LogP contribution in [0.15, 0.2) is 109 Å². The smallest absolute Gasteiger partial charge is 0.221 e. The van der Waals surface area contributed by atoms with Gasteiger partial charge < -0.3 is 14.6 Å². The maximum Gasteiger partial charge on any atom is 0.221 e. The van der Waals surface area contributed by atoms with E-state index in [1.807, 2.05) is 85.0 Å². The molecular formula is C42H44N4O3. The molecule has 1 aliphatic rings. The molecule has 0 amide bonds. The van der Waals surface area contributed by atoms with Crippen LogP contribution in [0, 0.1) is 27.6 Å². The second-order valence-electron chi connectivity index (χ2n) is 14.4. The fourth-order valence-electron chi connectivity index (χ4n) is 5.50. The molecule has 0 spiro atoms. The molecule has 4 aromatic carbocycles. The number of hydrogen-bond donors (Lipinski definition) is 5. The lowest BCUT2D eigenvalue weighted by Crippen LogP contribution is -2.20. The number of nitrogens with one attached hydrogen (secondary N) is 4. The Morgan fingerprint density at radius 1 is 0.592 bits per heavy atom. The van der Waals surface area contributed by atoms with Crippen molar-refractivity contribution in [2.75, 3.05) is 0 Å². The number of ether oxygens (including phenoxy) is 2. The minimum atomic E-state index is -0.302. The van der Waals surface area contributed by atoms with E-state index in [-0.39, 0.29) is 46.1 Å². The average Bonchev–Trinajstić information content (AvgIpc) is 3.07. The van der Waals surface area contributed by atoms with Gasteiger partial charge in [-0.3, -0.25) is 21.6 Å². The highest BCUT2D eigenvalue weighted by molar-refractivity contribution is 6.05. The van der Waals surface area contributed by atoms with Crippen LogP contribution in [-0.4, -0.2) is 28.7 Å². The molecule has 0 heterocycles. The summed E-state index contributed by atoms with van der Waals surface area (Å²) in [5.41, 5.74) is 7.50. The monoisotopic (exact) mass is 652 g/mol. The van der Waals surface area contributed by atoms with Crippen LogP contribution in [0.1, 0.15) is 81.3 Å². The van der Waals surface area contributed by atoms with Gasteiger partial charge >= 0.3 is 0 Å². The van der Waals surface area contributed by atoms with E-state index in [9.17, 15) is 5.11 Å². The van der Waals surface area contributed by atoms with Crippen LogP contribution in [0.2, 0.25) is 0 Å². The van der Waals surface area contributed by atoms with Crippen LogP contribution in [-0.2, 0) is 20.3 Å². The molecule has 5 N–H and O–H groups in total. The molecule has 0 aliphatic heterocycles. The topological polar surface area (TPSA) is 134 Å². The van der Waals surface area contributed by atoms with Crippen molar-refractivity contribution in [1.29, 1.82) is 21.6 Å². The van der Waals surface area contributed by atoms with Crippen molar-refractivity contribution in [3.05, 3.63) is 143 Å². The van der Waals surface area contributed by atoms with Gasteiger partial charge in [-0.2, -0.15) is 0 Å².